The summed E-state index contributed by atoms with van der Waals surface area (Å²) in [6.07, 6.45) is 2.35. The largest absolute Gasteiger partial charge is 0.469 e. The van der Waals surface area contributed by atoms with E-state index in [1.807, 2.05) is 11.8 Å². The van der Waals surface area contributed by atoms with Crippen molar-refractivity contribution in [1.82, 2.24) is 9.80 Å². The minimum Gasteiger partial charge on any atom is -0.469 e. The van der Waals surface area contributed by atoms with Gasteiger partial charge >= 0.3 is 5.97 Å². The average molecular weight is 284 g/mol. The lowest BCUT2D eigenvalue weighted by Gasteiger charge is -2.33. The molecule has 0 bridgehead atoms. The van der Waals surface area contributed by atoms with Crippen LogP contribution in [-0.4, -0.2) is 73.7 Å². The molecule has 20 heavy (non-hydrogen) atoms. The number of nitrogens with zero attached hydrogens (tertiary/aromatic N) is 2. The van der Waals surface area contributed by atoms with E-state index < -0.39 is 0 Å². The monoisotopic (exact) mass is 284 g/mol. The van der Waals surface area contributed by atoms with E-state index in [1.165, 1.54) is 7.11 Å². The molecule has 0 aromatic heterocycles. The summed E-state index contributed by atoms with van der Waals surface area (Å²) in [4.78, 5) is 27.6. The van der Waals surface area contributed by atoms with Crippen LogP contribution in [0.15, 0.2) is 0 Å². The quantitative estimate of drug-likeness (QED) is 0.655. The molecule has 0 aromatic rings. The van der Waals surface area contributed by atoms with Gasteiger partial charge < -0.3 is 14.4 Å². The van der Waals surface area contributed by atoms with Crippen LogP contribution in [0.4, 0.5) is 0 Å². The van der Waals surface area contributed by atoms with Crippen molar-refractivity contribution in [2.45, 2.75) is 38.3 Å². The standard InChI is InChI=1S/C14H24N2O4/c1-3-16(11-4-5-11)13(17)10-15-6-7-20-12(9-15)8-14(18)19-2/h11-12H,3-10H2,1-2H3. The van der Waals surface area contributed by atoms with Crippen molar-refractivity contribution in [3.05, 3.63) is 0 Å². The van der Waals surface area contributed by atoms with Gasteiger partial charge in [0.2, 0.25) is 5.91 Å². The molecule has 1 unspecified atom stereocenters. The van der Waals surface area contributed by atoms with Crippen molar-refractivity contribution in [3.8, 4) is 0 Å². The Bertz CT molecular complexity index is 357. The maximum absolute atomic E-state index is 12.3. The summed E-state index contributed by atoms with van der Waals surface area (Å²) in [5, 5.41) is 0. The van der Waals surface area contributed by atoms with Gasteiger partial charge in [-0.15, -0.1) is 0 Å². The van der Waals surface area contributed by atoms with Gasteiger partial charge in [0, 0.05) is 25.7 Å². The van der Waals surface area contributed by atoms with Gasteiger partial charge in [0.1, 0.15) is 0 Å². The Kier molecular flexibility index (Phi) is 5.37. The Morgan fingerprint density at radius 1 is 1.40 bits per heavy atom. The van der Waals surface area contributed by atoms with Crippen molar-refractivity contribution < 1.29 is 19.1 Å². The second-order valence-corrected chi connectivity index (χ2v) is 5.42. The van der Waals surface area contributed by atoms with E-state index in [2.05, 4.69) is 9.64 Å². The normalized spacial score (nSPS) is 23.4. The maximum Gasteiger partial charge on any atom is 0.308 e. The number of methoxy groups -OCH3 is 1. The Morgan fingerprint density at radius 3 is 2.75 bits per heavy atom. The molecule has 2 fully saturated rings. The minimum atomic E-state index is -0.267. The molecule has 0 aromatic carbocycles. The summed E-state index contributed by atoms with van der Waals surface area (Å²) >= 11 is 0. The Balaban J connectivity index is 1.79. The molecule has 114 valence electrons. The highest BCUT2D eigenvalue weighted by Crippen LogP contribution is 2.26. The molecule has 1 heterocycles. The third kappa shape index (κ3) is 4.18. The molecule has 2 aliphatic rings. The molecule has 1 aliphatic carbocycles. The van der Waals surface area contributed by atoms with Crippen LogP contribution in [-0.2, 0) is 19.1 Å². The number of carbonyl (C=O) groups is 2. The third-order valence-electron chi connectivity index (χ3n) is 3.85. The first-order valence-electron chi connectivity index (χ1n) is 7.34. The first kappa shape index (κ1) is 15.3. The van der Waals surface area contributed by atoms with Crippen LogP contribution in [0.1, 0.15) is 26.2 Å². The number of ether oxygens (including phenoxy) is 2. The maximum atomic E-state index is 12.3. The first-order valence-corrected chi connectivity index (χ1v) is 7.34. The van der Waals surface area contributed by atoms with Gasteiger partial charge in [0.05, 0.1) is 32.8 Å². The molecule has 6 nitrogen and oxygen atoms in total. The van der Waals surface area contributed by atoms with Crippen LogP contribution in [0.25, 0.3) is 0 Å². The minimum absolute atomic E-state index is 0.167. The number of esters is 1. The lowest BCUT2D eigenvalue weighted by molar-refractivity contribution is -0.146. The van der Waals surface area contributed by atoms with Crippen LogP contribution in [0.2, 0.25) is 0 Å². The number of carbonyl (C=O) groups excluding carboxylic acids is 2. The second-order valence-electron chi connectivity index (χ2n) is 5.42. The van der Waals surface area contributed by atoms with E-state index in [0.717, 1.165) is 25.9 Å². The number of morpholine rings is 1. The molecule has 1 saturated carbocycles. The number of hydrogen-bond donors (Lipinski definition) is 0. The van der Waals surface area contributed by atoms with Gasteiger partial charge in [0.25, 0.3) is 0 Å². The zero-order valence-electron chi connectivity index (χ0n) is 12.3. The molecule has 0 spiro atoms. The molecular weight excluding hydrogens is 260 g/mol. The lowest BCUT2D eigenvalue weighted by atomic mass is 10.2. The fourth-order valence-electron chi connectivity index (χ4n) is 2.62. The summed E-state index contributed by atoms with van der Waals surface area (Å²) in [5.74, 6) is -0.0786. The molecule has 1 atom stereocenters. The number of likely N-dealkylation sites (N-methyl/N-ethyl adjacent to an activating group) is 1. The highest BCUT2D eigenvalue weighted by atomic mass is 16.5. The van der Waals surface area contributed by atoms with Crippen molar-refractivity contribution in [3.63, 3.8) is 0 Å². The van der Waals surface area contributed by atoms with E-state index >= 15 is 0 Å². The molecule has 1 amide bonds. The van der Waals surface area contributed by atoms with Crippen molar-refractivity contribution >= 4 is 11.9 Å². The second kappa shape index (κ2) is 7.04. The van der Waals surface area contributed by atoms with E-state index in [4.69, 9.17) is 4.74 Å². The summed E-state index contributed by atoms with van der Waals surface area (Å²) < 4.78 is 10.2. The predicted octanol–water partition coefficient (Wildman–Crippen LogP) is 0.261. The smallest absolute Gasteiger partial charge is 0.308 e. The Hall–Kier alpha value is -1.14. The van der Waals surface area contributed by atoms with Crippen molar-refractivity contribution in [2.75, 3.05) is 39.9 Å². The van der Waals surface area contributed by atoms with E-state index in [-0.39, 0.29) is 24.4 Å². The van der Waals surface area contributed by atoms with Gasteiger partial charge in [-0.3, -0.25) is 14.5 Å². The van der Waals surface area contributed by atoms with Gasteiger partial charge in [-0.05, 0) is 19.8 Å². The van der Waals surface area contributed by atoms with Gasteiger partial charge in [-0.25, -0.2) is 0 Å². The number of hydrogen-bond acceptors (Lipinski definition) is 5. The van der Waals surface area contributed by atoms with Crippen LogP contribution < -0.4 is 0 Å². The van der Waals surface area contributed by atoms with Gasteiger partial charge in [0.15, 0.2) is 0 Å². The van der Waals surface area contributed by atoms with Crippen LogP contribution >= 0.6 is 0 Å². The first-order chi connectivity index (χ1) is 9.63. The zero-order valence-corrected chi connectivity index (χ0v) is 12.3. The van der Waals surface area contributed by atoms with Crippen molar-refractivity contribution in [2.24, 2.45) is 0 Å². The number of rotatable bonds is 6. The molecule has 6 heteroatoms. The highest BCUT2D eigenvalue weighted by Gasteiger charge is 2.33. The fraction of sp³-hybridized carbons (Fsp3) is 0.857. The van der Waals surface area contributed by atoms with E-state index in [1.54, 1.807) is 0 Å². The zero-order chi connectivity index (χ0) is 14.5. The average Bonchev–Trinajstić information content (AvgIpc) is 3.24. The summed E-state index contributed by atoms with van der Waals surface area (Å²) in [6, 6.07) is 0.458. The third-order valence-corrected chi connectivity index (χ3v) is 3.85. The highest BCUT2D eigenvalue weighted by molar-refractivity contribution is 5.79. The Labute approximate surface area is 120 Å². The lowest BCUT2D eigenvalue weighted by Crippen LogP contribution is -2.48. The van der Waals surface area contributed by atoms with Gasteiger partial charge in [-0.1, -0.05) is 0 Å². The summed E-state index contributed by atoms with van der Waals surface area (Å²) in [6.45, 7) is 5.14. The molecular formula is C14H24N2O4. The molecule has 1 aliphatic heterocycles. The fourth-order valence-corrected chi connectivity index (χ4v) is 2.62. The Morgan fingerprint density at radius 2 is 2.15 bits per heavy atom. The molecule has 2 rings (SSSR count). The van der Waals surface area contributed by atoms with Crippen LogP contribution in [0.5, 0.6) is 0 Å². The summed E-state index contributed by atoms with van der Waals surface area (Å²) in [7, 11) is 1.38. The van der Waals surface area contributed by atoms with E-state index in [0.29, 0.717) is 25.7 Å². The summed E-state index contributed by atoms with van der Waals surface area (Å²) in [5.41, 5.74) is 0. The number of amides is 1. The topological polar surface area (TPSA) is 59.1 Å². The molecule has 0 radical (unpaired) electrons. The predicted molar refractivity (Wildman–Crippen MR) is 73.2 cm³/mol. The molecule has 0 N–H and O–H groups in total. The van der Waals surface area contributed by atoms with Crippen molar-refractivity contribution in [1.29, 1.82) is 0 Å². The van der Waals surface area contributed by atoms with Crippen LogP contribution in [0, 0.1) is 0 Å². The van der Waals surface area contributed by atoms with E-state index in [9.17, 15) is 9.59 Å². The van der Waals surface area contributed by atoms with Gasteiger partial charge in [-0.2, -0.15) is 0 Å². The van der Waals surface area contributed by atoms with Crippen LogP contribution in [0.3, 0.4) is 0 Å². The SMILES string of the molecule is CCN(C(=O)CN1CCOC(CC(=O)OC)C1)C1CC1. The molecule has 1 saturated heterocycles.